The molecule has 0 aliphatic rings. The summed E-state index contributed by atoms with van der Waals surface area (Å²) in [6.45, 7) is 0. The zero-order valence-corrected chi connectivity index (χ0v) is 8.13. The smallest absolute Gasteiger partial charge is 0.345 e. The molecule has 0 saturated carbocycles. The van der Waals surface area contributed by atoms with E-state index in [4.69, 9.17) is 0 Å². The van der Waals surface area contributed by atoms with Crippen molar-refractivity contribution in [1.82, 2.24) is 4.98 Å². The van der Waals surface area contributed by atoms with E-state index in [-0.39, 0.29) is 0 Å². The highest BCUT2D eigenvalue weighted by Crippen LogP contribution is 2.20. The Hall–Kier alpha value is -1.69. The lowest BCUT2D eigenvalue weighted by Gasteiger charge is -1.90. The summed E-state index contributed by atoms with van der Waals surface area (Å²) in [5, 5.41) is 1.60. The molecule has 0 aromatic carbocycles. The number of thiophene rings is 1. The molecule has 6 heteroatoms. The summed E-state index contributed by atoms with van der Waals surface area (Å²) in [5.41, 5.74) is 0.615. The van der Waals surface area contributed by atoms with Crippen LogP contribution < -0.4 is 4.43 Å². The summed E-state index contributed by atoms with van der Waals surface area (Å²) in [4.78, 5) is 26.2. The number of nitrogens with zero attached hydrogens (tertiary/aromatic N) is 1. The second kappa shape index (κ2) is 3.22. The molecule has 0 aliphatic carbocycles. The van der Waals surface area contributed by atoms with Crippen molar-refractivity contribution < 1.29 is 14.0 Å². The maximum Gasteiger partial charge on any atom is 0.345 e. The van der Waals surface area contributed by atoms with Gasteiger partial charge in [-0.05, 0) is 0 Å². The molecule has 0 fully saturated rings. The number of hydrogen-bond donors (Lipinski definition) is 1. The van der Waals surface area contributed by atoms with Gasteiger partial charge in [0.15, 0.2) is 4.83 Å². The molecule has 72 valence electrons. The fourth-order valence-electron chi connectivity index (χ4n) is 1.18. The van der Waals surface area contributed by atoms with Gasteiger partial charge in [-0.3, -0.25) is 0 Å². The van der Waals surface area contributed by atoms with E-state index in [2.05, 4.69) is 9.72 Å². The molecular weight excluding hydrogens is 204 g/mol. The van der Waals surface area contributed by atoms with E-state index < -0.39 is 5.97 Å². The fourth-order valence-corrected chi connectivity index (χ4v) is 2.07. The number of rotatable bonds is 1. The Kier molecular flexibility index (Phi) is 2.05. The first-order chi connectivity index (χ1) is 6.74. The van der Waals surface area contributed by atoms with Crippen molar-refractivity contribution >= 4 is 27.7 Å². The van der Waals surface area contributed by atoms with Gasteiger partial charge >= 0.3 is 11.5 Å². The maximum atomic E-state index is 11.4. The van der Waals surface area contributed by atoms with Crippen LogP contribution in [0.2, 0.25) is 0 Å². The number of H-pyrrole nitrogens is 1. The van der Waals surface area contributed by atoms with E-state index >= 15 is 0 Å². The van der Waals surface area contributed by atoms with Crippen molar-refractivity contribution in [2.75, 3.05) is 7.11 Å². The number of carbonyl (C=O) groups is 1. The second-order valence-corrected chi connectivity index (χ2v) is 3.48. The van der Waals surface area contributed by atoms with Crippen LogP contribution >= 0.6 is 11.3 Å². The van der Waals surface area contributed by atoms with E-state index in [1.165, 1.54) is 30.8 Å². The molecule has 2 heterocycles. The Labute approximate surface area is 82.6 Å². The zero-order chi connectivity index (χ0) is 10.1. The van der Waals surface area contributed by atoms with Crippen molar-refractivity contribution in [2.24, 2.45) is 0 Å². The lowest BCUT2D eigenvalue weighted by Crippen LogP contribution is -2.16. The van der Waals surface area contributed by atoms with Crippen molar-refractivity contribution in [3.8, 4) is 0 Å². The highest BCUT2D eigenvalue weighted by molar-refractivity contribution is 7.17. The molecular formula is C8H7N2O3S+. The first-order valence-corrected chi connectivity index (χ1v) is 4.71. The summed E-state index contributed by atoms with van der Waals surface area (Å²) < 4.78 is 5.21. The quantitative estimate of drug-likeness (QED) is 0.563. The first kappa shape index (κ1) is 8.89. The third-order valence-electron chi connectivity index (χ3n) is 1.81. The fraction of sp³-hybridized carbons (Fsp3) is 0.125. The highest BCUT2D eigenvalue weighted by Gasteiger charge is 2.21. The highest BCUT2D eigenvalue weighted by atomic mass is 32.1. The lowest BCUT2D eigenvalue weighted by molar-refractivity contribution is -0.464. The third-order valence-corrected chi connectivity index (χ3v) is 2.72. The first-order valence-electron chi connectivity index (χ1n) is 3.83. The Morgan fingerprint density at radius 1 is 1.64 bits per heavy atom. The molecule has 5 nitrogen and oxygen atoms in total. The largest absolute Gasteiger partial charge is 0.465 e. The molecule has 2 rings (SSSR count). The standard InChI is InChI=1S/C8H7N2O3S/c1-13-8(11)5-4-14-7-6(5)10(12)3-2-9-7/h2-4H,1H3,(H,9,12)/q+1. The number of hydrogen-bond acceptors (Lipinski definition) is 4. The molecule has 1 N–H and O–H groups in total. The van der Waals surface area contributed by atoms with Gasteiger partial charge in [-0.15, -0.1) is 11.3 Å². The predicted octanol–water partition coefficient (Wildman–Crippen LogP) is 0.930. The number of fused-ring (bicyclic) bond motifs is 1. The van der Waals surface area contributed by atoms with Gasteiger partial charge in [0, 0.05) is 10.3 Å². The Morgan fingerprint density at radius 3 is 3.14 bits per heavy atom. The Bertz CT molecular complexity index is 543. The van der Waals surface area contributed by atoms with Crippen LogP contribution in [-0.2, 0) is 4.74 Å². The number of aromatic nitrogens is 2. The zero-order valence-electron chi connectivity index (χ0n) is 7.31. The summed E-state index contributed by atoms with van der Waals surface area (Å²) in [7, 11) is 1.29. The third kappa shape index (κ3) is 1.20. The van der Waals surface area contributed by atoms with Crippen molar-refractivity contribution in [3.05, 3.63) is 28.2 Å². The van der Waals surface area contributed by atoms with Crippen molar-refractivity contribution in [1.29, 1.82) is 0 Å². The molecule has 0 spiro atoms. The molecule has 2 aromatic heterocycles. The number of nitrogens with one attached hydrogen (secondary N) is 1. The van der Waals surface area contributed by atoms with Gasteiger partial charge in [0.05, 0.1) is 17.7 Å². The van der Waals surface area contributed by atoms with Gasteiger partial charge in [0.2, 0.25) is 6.20 Å². The molecule has 2 aromatic rings. The van der Waals surface area contributed by atoms with E-state index in [1.54, 1.807) is 5.38 Å². The van der Waals surface area contributed by atoms with Crippen molar-refractivity contribution in [2.45, 2.75) is 0 Å². The minimum absolute atomic E-state index is 0.291. The van der Waals surface area contributed by atoms with Crippen LogP contribution in [0.5, 0.6) is 0 Å². The van der Waals surface area contributed by atoms with Crippen LogP contribution in [0.3, 0.4) is 0 Å². The summed E-state index contributed by atoms with van der Waals surface area (Å²) >= 11 is 1.29. The van der Waals surface area contributed by atoms with Crippen LogP contribution in [0.4, 0.5) is 0 Å². The predicted molar refractivity (Wildman–Crippen MR) is 50.9 cm³/mol. The number of esters is 1. The van der Waals surface area contributed by atoms with Gasteiger partial charge in [-0.25, -0.2) is 4.79 Å². The van der Waals surface area contributed by atoms with Gasteiger partial charge in [-0.1, -0.05) is 0 Å². The summed E-state index contributed by atoms with van der Waals surface area (Å²) in [6.07, 6.45) is 2.83. The average molecular weight is 211 g/mol. The van der Waals surface area contributed by atoms with E-state index in [0.717, 1.165) is 0 Å². The maximum absolute atomic E-state index is 11.4. The molecule has 0 radical (unpaired) electrons. The number of ether oxygens (including phenoxy) is 1. The molecule has 0 bridgehead atoms. The summed E-state index contributed by atoms with van der Waals surface area (Å²) in [6, 6.07) is 0. The van der Waals surface area contributed by atoms with E-state index in [1.807, 2.05) is 0 Å². The molecule has 0 aliphatic heterocycles. The van der Waals surface area contributed by atoms with Crippen LogP contribution in [0, 0.1) is 4.91 Å². The second-order valence-electron chi connectivity index (χ2n) is 2.60. The molecule has 14 heavy (non-hydrogen) atoms. The van der Waals surface area contributed by atoms with Gasteiger partial charge in [0.1, 0.15) is 5.56 Å². The average Bonchev–Trinajstić information content (AvgIpc) is 2.62. The molecule has 0 saturated heterocycles. The normalized spacial score (nSPS) is 10.4. The monoisotopic (exact) mass is 211 g/mol. The van der Waals surface area contributed by atoms with E-state index in [0.29, 0.717) is 20.3 Å². The van der Waals surface area contributed by atoms with Gasteiger partial charge < -0.3 is 9.72 Å². The van der Waals surface area contributed by atoms with Crippen LogP contribution in [0.1, 0.15) is 10.4 Å². The summed E-state index contributed by atoms with van der Waals surface area (Å²) in [5.74, 6) is -0.500. The molecule has 0 amide bonds. The minimum Gasteiger partial charge on any atom is -0.465 e. The van der Waals surface area contributed by atoms with Crippen molar-refractivity contribution in [3.63, 3.8) is 0 Å². The van der Waals surface area contributed by atoms with Crippen LogP contribution in [0.25, 0.3) is 10.3 Å². The number of aromatic amines is 1. The molecule has 0 unspecified atom stereocenters. The number of carbonyl (C=O) groups excluding carboxylic acids is 1. The Balaban J connectivity index is 2.80. The minimum atomic E-state index is -0.500. The lowest BCUT2D eigenvalue weighted by atomic mass is 10.3. The topological polar surface area (TPSA) is 65.1 Å². The SMILES string of the molecule is COC(=O)c1csc2[nH]cc[n+](=O)c12. The van der Waals surface area contributed by atoms with Crippen LogP contribution in [0.15, 0.2) is 17.8 Å². The van der Waals surface area contributed by atoms with Crippen LogP contribution in [-0.4, -0.2) is 18.1 Å². The van der Waals surface area contributed by atoms with E-state index in [9.17, 15) is 9.70 Å². The van der Waals surface area contributed by atoms with Gasteiger partial charge in [-0.2, -0.15) is 0 Å². The Morgan fingerprint density at radius 2 is 2.43 bits per heavy atom. The number of methoxy groups -OCH3 is 1. The molecule has 0 atom stereocenters. The van der Waals surface area contributed by atoms with Gasteiger partial charge in [0.25, 0.3) is 0 Å².